The van der Waals surface area contributed by atoms with Crippen molar-refractivity contribution in [3.63, 3.8) is 0 Å². The minimum atomic E-state index is 0. The average Bonchev–Trinajstić information content (AvgIpc) is 3.78. The molecule has 2 atom stereocenters. The Morgan fingerprint density at radius 1 is 0.509 bits per heavy atom. The van der Waals surface area contributed by atoms with Crippen molar-refractivity contribution < 1.29 is 42.3 Å². The second-order valence-electron chi connectivity index (χ2n) is 12.6. The maximum absolute atomic E-state index is 5.97. The van der Waals surface area contributed by atoms with Gasteiger partial charge in [-0.15, -0.1) is 12.4 Å². The SMILES string of the molecule is Cl.O.O.O.O.O.O.c1ccc2c(c1)OCc1ncccc1C2NCCN1CCCC1.c1ccc2c(c1)OCc1ncccc1C2NCCN1CCCC1. The molecule has 2 fully saturated rings. The highest BCUT2D eigenvalue weighted by Gasteiger charge is 2.26. The number of halogens is 1. The molecule has 4 aromatic rings. The van der Waals surface area contributed by atoms with E-state index in [-0.39, 0.29) is 57.3 Å². The van der Waals surface area contributed by atoms with Gasteiger partial charge in [0.25, 0.3) is 0 Å². The second kappa shape index (κ2) is 24.5. The molecule has 0 amide bonds. The molecule has 6 heterocycles. The molecule has 0 bridgehead atoms. The van der Waals surface area contributed by atoms with E-state index in [4.69, 9.17) is 9.47 Å². The molecule has 14 N–H and O–H groups in total. The number of hydrogen-bond donors (Lipinski definition) is 2. The summed E-state index contributed by atoms with van der Waals surface area (Å²) < 4.78 is 11.9. The fourth-order valence-corrected chi connectivity index (χ4v) is 7.18. The van der Waals surface area contributed by atoms with Crippen molar-refractivity contribution in [1.82, 2.24) is 30.4 Å². The van der Waals surface area contributed by atoms with Gasteiger partial charge in [-0.1, -0.05) is 48.5 Å². The van der Waals surface area contributed by atoms with Crippen molar-refractivity contribution in [2.75, 3.05) is 52.4 Å². The molecule has 0 saturated carbocycles. The predicted octanol–water partition coefficient (Wildman–Crippen LogP) is 0.971. The maximum Gasteiger partial charge on any atom is 0.131 e. The number of nitrogens with one attached hydrogen (secondary N) is 2. The van der Waals surface area contributed by atoms with Crippen molar-refractivity contribution in [3.8, 4) is 11.5 Å². The number of nitrogens with zero attached hydrogens (tertiary/aromatic N) is 4. The van der Waals surface area contributed by atoms with E-state index < -0.39 is 0 Å². The van der Waals surface area contributed by atoms with Crippen molar-refractivity contribution in [3.05, 3.63) is 119 Å². The molecule has 8 rings (SSSR count). The van der Waals surface area contributed by atoms with E-state index in [1.165, 1.54) is 74.1 Å². The number of fused-ring (bicyclic) bond motifs is 4. The fraction of sp³-hybridized carbons (Fsp3) is 0.421. The summed E-state index contributed by atoms with van der Waals surface area (Å²) in [5.41, 5.74) is 6.95. The Labute approximate surface area is 318 Å². The van der Waals surface area contributed by atoms with Crippen LogP contribution < -0.4 is 20.1 Å². The lowest BCUT2D eigenvalue weighted by Crippen LogP contribution is -2.32. The molecule has 14 nitrogen and oxygen atoms in total. The summed E-state index contributed by atoms with van der Waals surface area (Å²) in [6.45, 7) is 10.2. The lowest BCUT2D eigenvalue weighted by molar-refractivity contribution is 0.301. The van der Waals surface area contributed by atoms with Crippen LogP contribution in [0.3, 0.4) is 0 Å². The average molecular weight is 763 g/mol. The summed E-state index contributed by atoms with van der Waals surface area (Å²) in [6.07, 6.45) is 9.05. The highest BCUT2D eigenvalue weighted by molar-refractivity contribution is 5.85. The Hall–Kier alpha value is -3.77. The third-order valence-electron chi connectivity index (χ3n) is 9.61. The first kappa shape index (κ1) is 49.2. The third kappa shape index (κ3) is 12.1. The van der Waals surface area contributed by atoms with Crippen LogP contribution in [0.4, 0.5) is 0 Å². The van der Waals surface area contributed by atoms with Gasteiger partial charge in [0.15, 0.2) is 0 Å². The highest BCUT2D eigenvalue weighted by atomic mass is 35.5. The Morgan fingerprint density at radius 3 is 1.26 bits per heavy atom. The van der Waals surface area contributed by atoms with Crippen molar-refractivity contribution in [1.29, 1.82) is 0 Å². The summed E-state index contributed by atoms with van der Waals surface area (Å²) in [4.78, 5) is 14.1. The Balaban J connectivity index is 0.000000901. The van der Waals surface area contributed by atoms with Crippen LogP contribution in [0, 0.1) is 0 Å². The van der Waals surface area contributed by atoms with Crippen LogP contribution in [0.2, 0.25) is 0 Å². The van der Waals surface area contributed by atoms with Crippen LogP contribution in [0.25, 0.3) is 0 Å². The number of likely N-dealkylation sites (tertiary alicyclic amines) is 2. The van der Waals surface area contributed by atoms with E-state index in [9.17, 15) is 0 Å². The number of pyridine rings is 2. The molecule has 0 spiro atoms. The predicted molar refractivity (Wildman–Crippen MR) is 210 cm³/mol. The minimum Gasteiger partial charge on any atom is -0.487 e. The smallest absolute Gasteiger partial charge is 0.131 e. The zero-order valence-electron chi connectivity index (χ0n) is 30.2. The lowest BCUT2D eigenvalue weighted by Gasteiger charge is -2.22. The number of hydrogen-bond acceptors (Lipinski definition) is 8. The van der Waals surface area contributed by atoms with Crippen molar-refractivity contribution in [2.45, 2.75) is 51.0 Å². The summed E-state index contributed by atoms with van der Waals surface area (Å²) in [5.74, 6) is 1.92. The van der Waals surface area contributed by atoms with Gasteiger partial charge in [0.05, 0.1) is 23.5 Å². The summed E-state index contributed by atoms with van der Waals surface area (Å²) >= 11 is 0. The molecule has 296 valence electrons. The fourth-order valence-electron chi connectivity index (χ4n) is 7.18. The molecular weight excluding hydrogens is 704 g/mol. The molecule has 15 heteroatoms. The van der Waals surface area contributed by atoms with Gasteiger partial charge in [-0.2, -0.15) is 0 Å². The second-order valence-corrected chi connectivity index (χ2v) is 12.6. The Bertz CT molecular complexity index is 1380. The van der Waals surface area contributed by atoms with E-state index >= 15 is 0 Å². The minimum absolute atomic E-state index is 0. The Morgan fingerprint density at radius 2 is 0.868 bits per heavy atom. The van der Waals surface area contributed by atoms with E-state index in [0.29, 0.717) is 13.2 Å². The first-order valence-electron chi connectivity index (χ1n) is 17.1. The monoisotopic (exact) mass is 762 g/mol. The first-order valence-corrected chi connectivity index (χ1v) is 17.1. The maximum atomic E-state index is 5.97. The molecule has 4 aliphatic heterocycles. The zero-order valence-corrected chi connectivity index (χ0v) is 31.0. The topological polar surface area (TPSA) is 264 Å². The summed E-state index contributed by atoms with van der Waals surface area (Å²) in [7, 11) is 0. The third-order valence-corrected chi connectivity index (χ3v) is 9.61. The molecule has 4 aliphatic rings. The molecule has 2 aromatic carbocycles. The molecule has 0 radical (unpaired) electrons. The molecule has 2 saturated heterocycles. The molecule has 2 aromatic heterocycles. The molecule has 0 aliphatic carbocycles. The summed E-state index contributed by atoms with van der Waals surface area (Å²) in [5, 5.41) is 7.48. The number of ether oxygens (including phenoxy) is 2. The molecular formula is C38H59ClN6O8. The normalized spacial score (nSPS) is 17.7. The van der Waals surface area contributed by atoms with Crippen LogP contribution in [0.1, 0.15) is 71.4 Å². The van der Waals surface area contributed by atoms with Crippen LogP contribution in [0.5, 0.6) is 11.5 Å². The lowest BCUT2D eigenvalue weighted by atomic mass is 9.97. The van der Waals surface area contributed by atoms with E-state index in [1.807, 2.05) is 36.7 Å². The van der Waals surface area contributed by atoms with E-state index in [0.717, 1.165) is 49.1 Å². The van der Waals surface area contributed by atoms with Gasteiger partial charge < -0.3 is 62.8 Å². The van der Waals surface area contributed by atoms with Gasteiger partial charge in [0.2, 0.25) is 0 Å². The van der Waals surface area contributed by atoms with Gasteiger partial charge in [-0.25, -0.2) is 0 Å². The van der Waals surface area contributed by atoms with E-state index in [2.05, 4.69) is 78.9 Å². The quantitative estimate of drug-likeness (QED) is 0.261. The summed E-state index contributed by atoms with van der Waals surface area (Å²) in [6, 6.07) is 25.3. The standard InChI is InChI=1S/2C19H23N3O.ClH.6H2O/c2*1-2-8-18-16(6-1)19(21-10-13-22-11-3-4-12-22)15-7-5-9-20-17(15)14-23-18;;;;;;;/h2*1-2,5-9,19,21H,3-4,10-14H2;1H;6*1H2. The molecule has 2 unspecified atom stereocenters. The van der Waals surface area contributed by atoms with E-state index in [1.54, 1.807) is 0 Å². The van der Waals surface area contributed by atoms with Gasteiger partial charge in [0.1, 0.15) is 24.7 Å². The Kier molecular flexibility index (Phi) is 22.8. The van der Waals surface area contributed by atoms with Crippen LogP contribution >= 0.6 is 12.4 Å². The number of benzene rings is 2. The van der Waals surface area contributed by atoms with Gasteiger partial charge in [-0.3, -0.25) is 9.97 Å². The van der Waals surface area contributed by atoms with Gasteiger partial charge in [-0.05, 0) is 87.3 Å². The highest BCUT2D eigenvalue weighted by Crippen LogP contribution is 2.36. The zero-order chi connectivity index (χ0) is 31.0. The number of rotatable bonds is 8. The van der Waals surface area contributed by atoms with Gasteiger partial charge in [0, 0.05) is 49.7 Å². The van der Waals surface area contributed by atoms with Crippen molar-refractivity contribution in [2.24, 2.45) is 0 Å². The van der Waals surface area contributed by atoms with Crippen molar-refractivity contribution >= 4 is 12.4 Å². The first-order chi connectivity index (χ1) is 22.8. The van der Waals surface area contributed by atoms with Gasteiger partial charge >= 0.3 is 0 Å². The largest absolute Gasteiger partial charge is 0.487 e. The van der Waals surface area contributed by atoms with Crippen LogP contribution in [-0.4, -0.2) is 105 Å². The number of aromatic nitrogens is 2. The number of para-hydroxylation sites is 2. The molecule has 53 heavy (non-hydrogen) atoms. The van der Waals surface area contributed by atoms with Crippen LogP contribution in [-0.2, 0) is 13.2 Å². The van der Waals surface area contributed by atoms with Crippen LogP contribution in [0.15, 0.2) is 85.2 Å².